The first-order valence-electron chi connectivity index (χ1n) is 8.87. The number of anilines is 1. The van der Waals surface area contributed by atoms with E-state index in [4.69, 9.17) is 11.6 Å². The van der Waals surface area contributed by atoms with Crippen molar-refractivity contribution in [3.63, 3.8) is 0 Å². The second kappa shape index (κ2) is 7.69. The molecule has 28 heavy (non-hydrogen) atoms. The van der Waals surface area contributed by atoms with Crippen molar-refractivity contribution in [2.75, 3.05) is 4.90 Å². The topological polar surface area (TPSA) is 63.9 Å². The summed E-state index contributed by atoms with van der Waals surface area (Å²) in [6.45, 7) is 4.82. The minimum Gasteiger partial charge on any atom is -0.278 e. The van der Waals surface area contributed by atoms with E-state index >= 15 is 0 Å². The Morgan fingerprint density at radius 2 is 2.14 bits per heavy atom. The number of para-hydroxylation sites is 1. The SMILES string of the molecule is CCn1nc(C)cc1C(=O)N(Cc1cccnc1)c1nc2c(Cl)cccc2s1. The fraction of sp³-hybridized carbons (Fsp3) is 0.200. The second-order valence-corrected chi connectivity index (χ2v) is 7.74. The van der Waals surface area contributed by atoms with E-state index in [9.17, 15) is 4.79 Å². The zero-order chi connectivity index (χ0) is 19.7. The van der Waals surface area contributed by atoms with E-state index in [0.717, 1.165) is 16.0 Å². The van der Waals surface area contributed by atoms with Crippen LogP contribution in [0.3, 0.4) is 0 Å². The number of carbonyl (C=O) groups is 1. The minimum atomic E-state index is -0.151. The van der Waals surface area contributed by atoms with Gasteiger partial charge in [-0.3, -0.25) is 19.4 Å². The third-order valence-electron chi connectivity index (χ3n) is 4.32. The average molecular weight is 412 g/mol. The molecule has 0 N–H and O–H groups in total. The van der Waals surface area contributed by atoms with Gasteiger partial charge in [0.2, 0.25) is 0 Å². The van der Waals surface area contributed by atoms with Gasteiger partial charge < -0.3 is 0 Å². The Labute approximate surface area is 171 Å². The summed E-state index contributed by atoms with van der Waals surface area (Å²) in [5, 5.41) is 5.58. The molecule has 0 aliphatic heterocycles. The summed E-state index contributed by atoms with van der Waals surface area (Å²) >= 11 is 7.74. The first-order valence-corrected chi connectivity index (χ1v) is 10.1. The Kier molecular flexibility index (Phi) is 5.11. The van der Waals surface area contributed by atoms with Gasteiger partial charge in [0.25, 0.3) is 5.91 Å². The number of amides is 1. The van der Waals surface area contributed by atoms with Crippen LogP contribution in [0.1, 0.15) is 28.7 Å². The summed E-state index contributed by atoms with van der Waals surface area (Å²) in [6, 6.07) is 11.2. The van der Waals surface area contributed by atoms with Crippen LogP contribution in [0, 0.1) is 6.92 Å². The molecule has 3 aromatic heterocycles. The first-order chi connectivity index (χ1) is 13.6. The average Bonchev–Trinajstić information content (AvgIpc) is 3.30. The number of pyridine rings is 1. The van der Waals surface area contributed by atoms with Crippen molar-refractivity contribution >= 4 is 44.2 Å². The standard InChI is InChI=1S/C20H18ClN5OS/c1-3-26-16(10-13(2)24-26)19(27)25(12-14-6-5-9-22-11-14)20-23-18-15(21)7-4-8-17(18)28-20/h4-11H,3,12H2,1-2H3. The lowest BCUT2D eigenvalue weighted by Gasteiger charge is -2.20. The van der Waals surface area contributed by atoms with Gasteiger partial charge in [0.05, 0.1) is 22.0 Å². The lowest BCUT2D eigenvalue weighted by molar-refractivity contribution is 0.0975. The maximum absolute atomic E-state index is 13.5. The molecule has 0 radical (unpaired) electrons. The van der Waals surface area contributed by atoms with Crippen molar-refractivity contribution in [1.29, 1.82) is 0 Å². The van der Waals surface area contributed by atoms with Gasteiger partial charge >= 0.3 is 0 Å². The smallest absolute Gasteiger partial charge is 0.278 e. The maximum atomic E-state index is 13.5. The molecule has 8 heteroatoms. The number of aryl methyl sites for hydroxylation is 2. The van der Waals surface area contributed by atoms with Crippen LogP contribution in [0.15, 0.2) is 48.8 Å². The Bertz CT molecular complexity index is 1140. The molecule has 3 heterocycles. The number of thiazole rings is 1. The fourth-order valence-electron chi connectivity index (χ4n) is 3.02. The molecule has 0 saturated carbocycles. The predicted octanol–water partition coefficient (Wildman–Crippen LogP) is 4.72. The molecule has 4 aromatic rings. The van der Waals surface area contributed by atoms with E-state index in [-0.39, 0.29) is 5.91 Å². The summed E-state index contributed by atoms with van der Waals surface area (Å²) in [6.07, 6.45) is 3.46. The molecule has 0 aliphatic carbocycles. The summed E-state index contributed by atoms with van der Waals surface area (Å²) in [7, 11) is 0. The predicted molar refractivity (Wildman–Crippen MR) is 112 cm³/mol. The van der Waals surface area contributed by atoms with E-state index in [2.05, 4.69) is 15.1 Å². The summed E-state index contributed by atoms with van der Waals surface area (Å²) < 4.78 is 2.65. The molecule has 4 rings (SSSR count). The Morgan fingerprint density at radius 3 is 2.86 bits per heavy atom. The number of benzene rings is 1. The van der Waals surface area contributed by atoms with E-state index in [1.54, 1.807) is 28.0 Å². The van der Waals surface area contributed by atoms with Gasteiger partial charge in [-0.25, -0.2) is 4.98 Å². The molecule has 0 spiro atoms. The van der Waals surface area contributed by atoms with E-state index in [1.807, 2.05) is 44.2 Å². The molecule has 1 amide bonds. The fourth-order valence-corrected chi connectivity index (χ4v) is 4.28. The Morgan fingerprint density at radius 1 is 1.29 bits per heavy atom. The number of halogens is 1. The molecule has 0 saturated heterocycles. The van der Waals surface area contributed by atoms with Gasteiger partial charge in [0.15, 0.2) is 5.13 Å². The third kappa shape index (κ3) is 3.50. The van der Waals surface area contributed by atoms with Crippen LogP contribution < -0.4 is 4.90 Å². The maximum Gasteiger partial charge on any atom is 0.278 e. The molecular formula is C20H18ClN5OS. The van der Waals surface area contributed by atoms with Gasteiger partial charge in [0, 0.05) is 18.9 Å². The van der Waals surface area contributed by atoms with Crippen LogP contribution in [-0.4, -0.2) is 25.7 Å². The van der Waals surface area contributed by atoms with Gasteiger partial charge in [-0.05, 0) is 43.7 Å². The van der Waals surface area contributed by atoms with Gasteiger partial charge in [-0.2, -0.15) is 5.10 Å². The summed E-state index contributed by atoms with van der Waals surface area (Å²) in [5.41, 5.74) is 2.96. The number of nitrogens with zero attached hydrogens (tertiary/aromatic N) is 5. The minimum absolute atomic E-state index is 0.151. The number of aromatic nitrogens is 4. The molecule has 142 valence electrons. The highest BCUT2D eigenvalue weighted by Crippen LogP contribution is 2.34. The van der Waals surface area contributed by atoms with E-state index in [0.29, 0.717) is 34.5 Å². The van der Waals surface area contributed by atoms with Gasteiger partial charge in [-0.1, -0.05) is 35.1 Å². The number of hydrogen-bond donors (Lipinski definition) is 0. The van der Waals surface area contributed by atoms with Crippen molar-refractivity contribution in [2.45, 2.75) is 26.9 Å². The number of fused-ring (bicyclic) bond motifs is 1. The van der Waals surface area contributed by atoms with Crippen LogP contribution in [0.5, 0.6) is 0 Å². The zero-order valence-corrected chi connectivity index (χ0v) is 17.0. The number of rotatable bonds is 5. The van der Waals surface area contributed by atoms with Crippen LogP contribution in [0.4, 0.5) is 5.13 Å². The monoisotopic (exact) mass is 411 g/mol. The van der Waals surface area contributed by atoms with Crippen molar-refractivity contribution in [2.24, 2.45) is 0 Å². The molecule has 0 aliphatic rings. The molecule has 0 fully saturated rings. The van der Waals surface area contributed by atoms with E-state index < -0.39 is 0 Å². The molecule has 0 bridgehead atoms. The van der Waals surface area contributed by atoms with Gasteiger partial charge in [-0.15, -0.1) is 0 Å². The highest BCUT2D eigenvalue weighted by molar-refractivity contribution is 7.22. The van der Waals surface area contributed by atoms with Crippen LogP contribution in [-0.2, 0) is 13.1 Å². The molecular weight excluding hydrogens is 394 g/mol. The van der Waals surface area contributed by atoms with Crippen molar-refractivity contribution < 1.29 is 4.79 Å². The molecule has 1 aromatic carbocycles. The molecule has 6 nitrogen and oxygen atoms in total. The Balaban J connectivity index is 1.81. The second-order valence-electron chi connectivity index (χ2n) is 6.32. The first kappa shape index (κ1) is 18.6. The number of hydrogen-bond acceptors (Lipinski definition) is 5. The summed E-state index contributed by atoms with van der Waals surface area (Å²) in [5.74, 6) is -0.151. The Hall–Kier alpha value is -2.77. The molecule has 0 unspecified atom stereocenters. The van der Waals surface area contributed by atoms with Crippen molar-refractivity contribution in [3.05, 3.63) is 70.8 Å². The van der Waals surface area contributed by atoms with Crippen LogP contribution >= 0.6 is 22.9 Å². The third-order valence-corrected chi connectivity index (χ3v) is 5.67. The highest BCUT2D eigenvalue weighted by Gasteiger charge is 2.25. The van der Waals surface area contributed by atoms with Gasteiger partial charge in [0.1, 0.15) is 11.2 Å². The lowest BCUT2D eigenvalue weighted by Crippen LogP contribution is -2.32. The quantitative estimate of drug-likeness (QED) is 0.476. The van der Waals surface area contributed by atoms with Crippen molar-refractivity contribution in [1.82, 2.24) is 19.7 Å². The summed E-state index contributed by atoms with van der Waals surface area (Å²) in [4.78, 5) is 24.0. The largest absolute Gasteiger partial charge is 0.278 e. The van der Waals surface area contributed by atoms with E-state index in [1.165, 1.54) is 11.3 Å². The van der Waals surface area contributed by atoms with Crippen LogP contribution in [0.2, 0.25) is 5.02 Å². The zero-order valence-electron chi connectivity index (χ0n) is 15.5. The van der Waals surface area contributed by atoms with Crippen LogP contribution in [0.25, 0.3) is 10.2 Å². The molecule has 0 atom stereocenters. The highest BCUT2D eigenvalue weighted by atomic mass is 35.5. The van der Waals surface area contributed by atoms with Crippen molar-refractivity contribution in [3.8, 4) is 0 Å². The lowest BCUT2D eigenvalue weighted by atomic mass is 10.2. The number of carbonyl (C=O) groups excluding carboxylic acids is 1. The normalized spacial score (nSPS) is 11.1.